The van der Waals surface area contributed by atoms with Crippen molar-refractivity contribution in [2.24, 2.45) is 0 Å². The molecule has 1 aromatic carbocycles. The summed E-state index contributed by atoms with van der Waals surface area (Å²) in [5.41, 5.74) is 5.75. The molecule has 1 aromatic heterocycles. The Labute approximate surface area is 115 Å². The van der Waals surface area contributed by atoms with E-state index >= 15 is 0 Å². The van der Waals surface area contributed by atoms with Crippen molar-refractivity contribution in [2.75, 3.05) is 18.1 Å². The number of rotatable bonds is 3. The van der Waals surface area contributed by atoms with Crippen molar-refractivity contribution in [2.45, 2.75) is 11.1 Å². The van der Waals surface area contributed by atoms with Crippen LogP contribution in [0.25, 0.3) is 0 Å². The molecule has 5 nitrogen and oxygen atoms in total. The van der Waals surface area contributed by atoms with Crippen LogP contribution in [0.3, 0.4) is 0 Å². The van der Waals surface area contributed by atoms with Gasteiger partial charge in [0.2, 0.25) is 0 Å². The van der Waals surface area contributed by atoms with Gasteiger partial charge in [0.05, 0.1) is 0 Å². The molecule has 0 fully saturated rings. The van der Waals surface area contributed by atoms with Gasteiger partial charge in [-0.3, -0.25) is 0 Å². The molecule has 1 aliphatic heterocycles. The molecular weight excluding hydrogens is 262 g/mol. The van der Waals surface area contributed by atoms with Crippen LogP contribution in [0.5, 0.6) is 11.5 Å². The minimum absolute atomic E-state index is 0.0127. The van der Waals surface area contributed by atoms with Crippen LogP contribution in [-0.2, 0) is 0 Å². The smallest absolute Gasteiger partial charge is 0.161 e. The summed E-state index contributed by atoms with van der Waals surface area (Å²) in [5.74, 6) is 2.75. The van der Waals surface area contributed by atoms with Crippen LogP contribution in [-0.4, -0.2) is 28.4 Å². The summed E-state index contributed by atoms with van der Waals surface area (Å²) in [7, 11) is 0. The van der Waals surface area contributed by atoms with Gasteiger partial charge < -0.3 is 15.2 Å². The van der Waals surface area contributed by atoms with Crippen LogP contribution in [0, 0.1) is 0 Å². The summed E-state index contributed by atoms with van der Waals surface area (Å²) in [6.07, 6.45) is 3.20. The number of benzene rings is 1. The van der Waals surface area contributed by atoms with Crippen LogP contribution in [0.1, 0.15) is 0 Å². The van der Waals surface area contributed by atoms with Gasteiger partial charge in [0.15, 0.2) is 17.3 Å². The fourth-order valence-electron chi connectivity index (χ4n) is 1.76. The first kappa shape index (κ1) is 12.1. The van der Waals surface area contributed by atoms with Gasteiger partial charge in [0.25, 0.3) is 0 Å². The molecule has 0 radical (unpaired) electrons. The van der Waals surface area contributed by atoms with E-state index in [1.54, 1.807) is 12.4 Å². The maximum atomic E-state index is 5.86. The lowest BCUT2D eigenvalue weighted by Crippen LogP contribution is -2.31. The third kappa shape index (κ3) is 2.73. The molecule has 3 rings (SSSR count). The zero-order valence-electron chi connectivity index (χ0n) is 10.2. The van der Waals surface area contributed by atoms with Crippen molar-refractivity contribution in [3.05, 3.63) is 36.7 Å². The van der Waals surface area contributed by atoms with Crippen LogP contribution >= 0.6 is 11.8 Å². The summed E-state index contributed by atoms with van der Waals surface area (Å²) in [6.45, 7) is 0.532. The van der Waals surface area contributed by atoms with Crippen molar-refractivity contribution >= 4 is 17.6 Å². The summed E-state index contributed by atoms with van der Waals surface area (Å²) < 4.78 is 11.5. The zero-order chi connectivity index (χ0) is 13.1. The summed E-state index contributed by atoms with van der Waals surface area (Å²) in [6, 6.07) is 7.66. The first-order chi connectivity index (χ1) is 9.33. The van der Waals surface area contributed by atoms with Crippen molar-refractivity contribution in [1.29, 1.82) is 0 Å². The number of aromatic nitrogens is 2. The Morgan fingerprint density at radius 1 is 1.21 bits per heavy atom. The second-order valence-electron chi connectivity index (χ2n) is 4.06. The Hall–Kier alpha value is -1.95. The number of hydrogen-bond acceptors (Lipinski definition) is 6. The summed E-state index contributed by atoms with van der Waals surface area (Å²) in [5, 5.41) is 0.727. The van der Waals surface area contributed by atoms with Gasteiger partial charge in [0.1, 0.15) is 17.7 Å². The van der Waals surface area contributed by atoms with Gasteiger partial charge in [-0.15, -0.1) is 0 Å². The Balaban J connectivity index is 1.62. The highest BCUT2D eigenvalue weighted by Crippen LogP contribution is 2.32. The van der Waals surface area contributed by atoms with Gasteiger partial charge in [-0.1, -0.05) is 23.9 Å². The van der Waals surface area contributed by atoms with E-state index in [1.807, 2.05) is 24.3 Å². The third-order valence-electron chi connectivity index (χ3n) is 2.66. The number of hydrogen-bond donors (Lipinski definition) is 1. The maximum Gasteiger partial charge on any atom is 0.161 e. The lowest BCUT2D eigenvalue weighted by Gasteiger charge is -2.26. The fraction of sp³-hybridized carbons (Fsp3) is 0.231. The average molecular weight is 275 g/mol. The molecule has 0 spiro atoms. The predicted molar refractivity (Wildman–Crippen MR) is 73.5 cm³/mol. The predicted octanol–water partition coefficient (Wildman–Crippen LogP) is 1.99. The van der Waals surface area contributed by atoms with E-state index in [1.165, 1.54) is 11.8 Å². The molecule has 19 heavy (non-hydrogen) atoms. The molecule has 0 amide bonds. The molecule has 1 unspecified atom stereocenters. The topological polar surface area (TPSA) is 70.3 Å². The molecule has 0 saturated heterocycles. The number of thioether (sulfide) groups is 1. The minimum Gasteiger partial charge on any atom is -0.486 e. The Morgan fingerprint density at radius 3 is 2.84 bits per heavy atom. The number of para-hydroxylation sites is 2. The second-order valence-corrected chi connectivity index (χ2v) is 5.06. The molecule has 98 valence electrons. The lowest BCUT2D eigenvalue weighted by atomic mass is 10.3. The van der Waals surface area contributed by atoms with E-state index in [2.05, 4.69) is 9.97 Å². The third-order valence-corrected chi connectivity index (χ3v) is 3.79. The van der Waals surface area contributed by atoms with Gasteiger partial charge >= 0.3 is 0 Å². The number of anilines is 1. The quantitative estimate of drug-likeness (QED) is 0.864. The molecule has 0 bridgehead atoms. The molecule has 1 aliphatic rings. The summed E-state index contributed by atoms with van der Waals surface area (Å²) >= 11 is 1.52. The number of nitrogen functional groups attached to an aromatic ring is 1. The molecular formula is C13H13N3O2S. The van der Waals surface area contributed by atoms with E-state index in [4.69, 9.17) is 15.2 Å². The van der Waals surface area contributed by atoms with Crippen molar-refractivity contribution < 1.29 is 9.47 Å². The van der Waals surface area contributed by atoms with Crippen LogP contribution < -0.4 is 15.2 Å². The molecule has 2 aromatic rings. The second kappa shape index (κ2) is 5.36. The highest BCUT2D eigenvalue weighted by molar-refractivity contribution is 7.99. The lowest BCUT2D eigenvalue weighted by molar-refractivity contribution is 0.107. The highest BCUT2D eigenvalue weighted by atomic mass is 32.2. The van der Waals surface area contributed by atoms with Crippen LogP contribution in [0.4, 0.5) is 5.82 Å². The van der Waals surface area contributed by atoms with Gasteiger partial charge in [0, 0.05) is 18.1 Å². The van der Waals surface area contributed by atoms with E-state index in [9.17, 15) is 0 Å². The molecule has 2 N–H and O–H groups in total. The van der Waals surface area contributed by atoms with Gasteiger partial charge in [-0.05, 0) is 12.1 Å². The fourth-order valence-corrected chi connectivity index (χ4v) is 2.61. The Morgan fingerprint density at radius 2 is 2.00 bits per heavy atom. The average Bonchev–Trinajstić information content (AvgIpc) is 2.46. The standard InChI is InChI=1S/C13H13N3O2S/c14-12-13(16-6-5-15-12)19-8-9-7-17-10-3-1-2-4-11(10)18-9/h1-6,9H,7-8H2,(H2,14,15). The van der Waals surface area contributed by atoms with Crippen LogP contribution in [0.2, 0.25) is 0 Å². The minimum atomic E-state index is -0.0127. The van der Waals surface area contributed by atoms with Crippen molar-refractivity contribution in [3.63, 3.8) is 0 Å². The Bertz CT molecular complexity index is 579. The molecule has 1 atom stereocenters. The molecule has 6 heteroatoms. The van der Waals surface area contributed by atoms with Crippen molar-refractivity contribution in [3.8, 4) is 11.5 Å². The van der Waals surface area contributed by atoms with Gasteiger partial charge in [-0.25, -0.2) is 9.97 Å². The number of nitrogens with two attached hydrogens (primary N) is 1. The monoisotopic (exact) mass is 275 g/mol. The maximum absolute atomic E-state index is 5.86. The highest BCUT2D eigenvalue weighted by Gasteiger charge is 2.21. The largest absolute Gasteiger partial charge is 0.486 e. The number of nitrogens with zero attached hydrogens (tertiary/aromatic N) is 2. The zero-order valence-corrected chi connectivity index (χ0v) is 11.0. The molecule has 0 aliphatic carbocycles. The SMILES string of the molecule is Nc1nccnc1SCC1COc2ccccc2O1. The summed E-state index contributed by atoms with van der Waals surface area (Å²) in [4.78, 5) is 8.19. The van der Waals surface area contributed by atoms with E-state index in [0.29, 0.717) is 12.4 Å². The van der Waals surface area contributed by atoms with E-state index in [0.717, 1.165) is 22.3 Å². The van der Waals surface area contributed by atoms with Crippen LogP contribution in [0.15, 0.2) is 41.7 Å². The molecule has 0 saturated carbocycles. The van der Waals surface area contributed by atoms with E-state index < -0.39 is 0 Å². The van der Waals surface area contributed by atoms with Gasteiger partial charge in [-0.2, -0.15) is 0 Å². The Kier molecular flexibility index (Phi) is 3.41. The van der Waals surface area contributed by atoms with Crippen molar-refractivity contribution in [1.82, 2.24) is 9.97 Å². The number of fused-ring (bicyclic) bond motifs is 1. The first-order valence-electron chi connectivity index (χ1n) is 5.90. The van der Waals surface area contributed by atoms with E-state index in [-0.39, 0.29) is 6.10 Å². The first-order valence-corrected chi connectivity index (χ1v) is 6.89. The normalized spacial score (nSPS) is 17.2. The molecule has 2 heterocycles. The number of ether oxygens (including phenoxy) is 2.